The summed E-state index contributed by atoms with van der Waals surface area (Å²) in [4.78, 5) is 12.3. The first-order chi connectivity index (χ1) is 13.1. The molecule has 0 bridgehead atoms. The van der Waals surface area contributed by atoms with E-state index in [0.717, 1.165) is 17.0 Å². The first-order valence-electron chi connectivity index (χ1n) is 8.37. The zero-order valence-electron chi connectivity index (χ0n) is 14.9. The van der Waals surface area contributed by atoms with Crippen molar-refractivity contribution >= 4 is 23.4 Å². The van der Waals surface area contributed by atoms with Crippen LogP contribution in [-0.2, 0) is 11.3 Å². The lowest BCUT2D eigenvalue weighted by molar-refractivity contribution is -0.113. The van der Waals surface area contributed by atoms with Gasteiger partial charge in [-0.25, -0.2) is 4.39 Å². The third kappa shape index (κ3) is 4.62. The lowest BCUT2D eigenvalue weighted by Crippen LogP contribution is -2.15. The van der Waals surface area contributed by atoms with Gasteiger partial charge in [-0.15, -0.1) is 16.8 Å². The molecule has 3 aromatic rings. The van der Waals surface area contributed by atoms with Gasteiger partial charge >= 0.3 is 0 Å². The molecule has 5 nitrogen and oxygen atoms in total. The summed E-state index contributed by atoms with van der Waals surface area (Å²) in [6.45, 7) is 6.13. The minimum atomic E-state index is -0.387. The molecule has 0 unspecified atom stereocenters. The van der Waals surface area contributed by atoms with Gasteiger partial charge in [-0.1, -0.05) is 54.2 Å². The van der Waals surface area contributed by atoms with Gasteiger partial charge in [-0.05, 0) is 24.6 Å². The normalized spacial score (nSPS) is 10.6. The Hall–Kier alpha value is -2.93. The maximum absolute atomic E-state index is 13.4. The lowest BCUT2D eigenvalue weighted by Gasteiger charge is -2.09. The molecular weight excluding hydrogens is 363 g/mol. The van der Waals surface area contributed by atoms with Crippen LogP contribution < -0.4 is 5.32 Å². The SMILES string of the molecule is C=CCn1c(SCC(=O)Nc2cc(F)ccc2C)nnc1-c1ccccc1. The molecule has 7 heteroatoms. The standard InChI is InChI=1S/C20H19FN4OS/c1-3-11-25-19(15-7-5-4-6-8-15)23-24-20(25)27-13-18(26)22-17-12-16(21)10-9-14(17)2/h3-10,12H,1,11,13H2,2H3,(H,22,26). The topological polar surface area (TPSA) is 59.8 Å². The Balaban J connectivity index is 1.72. The molecule has 1 aromatic heterocycles. The minimum Gasteiger partial charge on any atom is -0.325 e. The predicted octanol–water partition coefficient (Wildman–Crippen LogP) is 4.31. The number of thioether (sulfide) groups is 1. The van der Waals surface area contributed by atoms with E-state index in [0.29, 0.717) is 17.4 Å². The molecule has 0 saturated carbocycles. The van der Waals surface area contributed by atoms with Gasteiger partial charge in [0.05, 0.1) is 5.75 Å². The fraction of sp³-hybridized carbons (Fsp3) is 0.150. The smallest absolute Gasteiger partial charge is 0.234 e. The lowest BCUT2D eigenvalue weighted by atomic mass is 10.2. The van der Waals surface area contributed by atoms with Crippen LogP contribution in [0.4, 0.5) is 10.1 Å². The van der Waals surface area contributed by atoms with Gasteiger partial charge in [0.2, 0.25) is 5.91 Å². The van der Waals surface area contributed by atoms with Crippen molar-refractivity contribution in [1.29, 1.82) is 0 Å². The number of amides is 1. The molecule has 0 saturated heterocycles. The largest absolute Gasteiger partial charge is 0.325 e. The summed E-state index contributed by atoms with van der Waals surface area (Å²) in [5.74, 6) is 0.240. The van der Waals surface area contributed by atoms with Crippen LogP contribution in [0.5, 0.6) is 0 Å². The van der Waals surface area contributed by atoms with Crippen molar-refractivity contribution in [3.8, 4) is 11.4 Å². The number of aromatic nitrogens is 3. The van der Waals surface area contributed by atoms with E-state index in [9.17, 15) is 9.18 Å². The van der Waals surface area contributed by atoms with E-state index in [1.807, 2.05) is 41.8 Å². The molecule has 0 aliphatic carbocycles. The van der Waals surface area contributed by atoms with Gasteiger partial charge in [0.25, 0.3) is 0 Å². The van der Waals surface area contributed by atoms with Gasteiger partial charge in [0, 0.05) is 17.8 Å². The van der Waals surface area contributed by atoms with E-state index in [2.05, 4.69) is 22.1 Å². The highest BCUT2D eigenvalue weighted by molar-refractivity contribution is 7.99. The second-order valence-electron chi connectivity index (χ2n) is 5.87. The number of aryl methyl sites for hydroxylation is 1. The number of nitrogens with one attached hydrogen (secondary N) is 1. The zero-order valence-corrected chi connectivity index (χ0v) is 15.7. The van der Waals surface area contributed by atoms with E-state index < -0.39 is 0 Å². The number of nitrogens with zero attached hydrogens (tertiary/aromatic N) is 3. The maximum atomic E-state index is 13.4. The van der Waals surface area contributed by atoms with Crippen LogP contribution in [0.15, 0.2) is 66.3 Å². The van der Waals surface area contributed by atoms with Crippen molar-refractivity contribution in [2.24, 2.45) is 0 Å². The fourth-order valence-electron chi connectivity index (χ4n) is 2.54. The number of allylic oxidation sites excluding steroid dienone is 1. The summed E-state index contributed by atoms with van der Waals surface area (Å²) in [5.41, 5.74) is 2.22. The number of carbonyl (C=O) groups excluding carboxylic acids is 1. The number of anilines is 1. The highest BCUT2D eigenvalue weighted by Gasteiger charge is 2.15. The third-order valence-electron chi connectivity index (χ3n) is 3.87. The Morgan fingerprint density at radius 3 is 2.78 bits per heavy atom. The van der Waals surface area contributed by atoms with Crippen LogP contribution in [0, 0.1) is 12.7 Å². The van der Waals surface area contributed by atoms with Gasteiger partial charge in [0.1, 0.15) is 5.82 Å². The molecule has 1 N–H and O–H groups in total. The average molecular weight is 382 g/mol. The highest BCUT2D eigenvalue weighted by atomic mass is 32.2. The second-order valence-corrected chi connectivity index (χ2v) is 6.81. The second kappa shape index (κ2) is 8.64. The molecule has 0 aliphatic rings. The van der Waals surface area contributed by atoms with Crippen molar-refractivity contribution in [1.82, 2.24) is 14.8 Å². The van der Waals surface area contributed by atoms with Crippen LogP contribution >= 0.6 is 11.8 Å². The number of rotatable bonds is 7. The first kappa shape index (κ1) is 18.8. The third-order valence-corrected chi connectivity index (χ3v) is 4.83. The molecule has 138 valence electrons. The highest BCUT2D eigenvalue weighted by Crippen LogP contribution is 2.24. The van der Waals surface area contributed by atoms with Gasteiger partial charge in [-0.3, -0.25) is 9.36 Å². The van der Waals surface area contributed by atoms with E-state index in [4.69, 9.17) is 0 Å². The van der Waals surface area contributed by atoms with Crippen LogP contribution in [0.1, 0.15) is 5.56 Å². The number of carbonyl (C=O) groups is 1. The molecular formula is C20H19FN4OS. The number of hydrogen-bond donors (Lipinski definition) is 1. The van der Waals surface area contributed by atoms with Crippen molar-refractivity contribution in [3.05, 3.63) is 72.6 Å². The van der Waals surface area contributed by atoms with E-state index in [1.165, 1.54) is 23.9 Å². The Kier molecular flexibility index (Phi) is 6.03. The summed E-state index contributed by atoms with van der Waals surface area (Å²) in [6, 6.07) is 14.0. The summed E-state index contributed by atoms with van der Waals surface area (Å²) >= 11 is 1.28. The molecule has 1 heterocycles. The van der Waals surface area contributed by atoms with E-state index >= 15 is 0 Å². The summed E-state index contributed by atoms with van der Waals surface area (Å²) < 4.78 is 15.3. The number of hydrogen-bond acceptors (Lipinski definition) is 4. The van der Waals surface area contributed by atoms with Crippen LogP contribution in [0.3, 0.4) is 0 Å². The molecule has 0 radical (unpaired) electrons. The Bertz CT molecular complexity index is 956. The van der Waals surface area contributed by atoms with Crippen molar-refractivity contribution in [2.75, 3.05) is 11.1 Å². The van der Waals surface area contributed by atoms with Crippen LogP contribution in [0.2, 0.25) is 0 Å². The molecule has 27 heavy (non-hydrogen) atoms. The molecule has 1 amide bonds. The van der Waals surface area contributed by atoms with E-state index in [-0.39, 0.29) is 17.5 Å². The summed E-state index contributed by atoms with van der Waals surface area (Å²) in [6.07, 6.45) is 1.76. The first-order valence-corrected chi connectivity index (χ1v) is 9.35. The summed E-state index contributed by atoms with van der Waals surface area (Å²) in [7, 11) is 0. The molecule has 3 rings (SSSR count). The molecule has 0 fully saturated rings. The van der Waals surface area contributed by atoms with Crippen LogP contribution in [0.25, 0.3) is 11.4 Å². The van der Waals surface area contributed by atoms with Crippen molar-refractivity contribution in [3.63, 3.8) is 0 Å². The Morgan fingerprint density at radius 1 is 1.26 bits per heavy atom. The van der Waals surface area contributed by atoms with Gasteiger partial charge < -0.3 is 5.32 Å². The quantitative estimate of drug-likeness (QED) is 0.489. The number of benzene rings is 2. The summed E-state index contributed by atoms with van der Waals surface area (Å²) in [5, 5.41) is 11.8. The Morgan fingerprint density at radius 2 is 2.04 bits per heavy atom. The van der Waals surface area contributed by atoms with Gasteiger partial charge in [0.15, 0.2) is 11.0 Å². The van der Waals surface area contributed by atoms with Gasteiger partial charge in [-0.2, -0.15) is 0 Å². The Labute approximate surface area is 161 Å². The minimum absolute atomic E-state index is 0.139. The monoisotopic (exact) mass is 382 g/mol. The van der Waals surface area contributed by atoms with E-state index in [1.54, 1.807) is 12.1 Å². The van der Waals surface area contributed by atoms with Crippen molar-refractivity contribution < 1.29 is 9.18 Å². The zero-order chi connectivity index (χ0) is 19.2. The molecule has 0 aliphatic heterocycles. The molecule has 0 spiro atoms. The maximum Gasteiger partial charge on any atom is 0.234 e. The van der Waals surface area contributed by atoms with Crippen molar-refractivity contribution in [2.45, 2.75) is 18.6 Å². The van der Waals surface area contributed by atoms with Crippen LogP contribution in [-0.4, -0.2) is 26.4 Å². The average Bonchev–Trinajstić information content (AvgIpc) is 3.07. The molecule has 0 atom stereocenters. The fourth-order valence-corrected chi connectivity index (χ4v) is 3.28. The predicted molar refractivity (Wildman–Crippen MR) is 106 cm³/mol. The molecule has 2 aromatic carbocycles. The number of halogens is 1.